The zero-order valence-corrected chi connectivity index (χ0v) is 13.9. The number of benzene rings is 2. The standard InChI is InChI=1S/C19H21N3O3/c23-19(14-15-6-4-5-9-18(15)22(24)25)20-16-10-12-21(13-11-16)17-7-2-1-3-8-17/h1-9,16H,10-14H2,(H,20,23). The van der Waals surface area contributed by atoms with Gasteiger partial charge in [-0.25, -0.2) is 0 Å². The zero-order valence-electron chi connectivity index (χ0n) is 13.9. The third-order valence-corrected chi connectivity index (χ3v) is 4.52. The van der Waals surface area contributed by atoms with Gasteiger partial charge in [-0.3, -0.25) is 14.9 Å². The first-order valence-corrected chi connectivity index (χ1v) is 8.45. The van der Waals surface area contributed by atoms with Crippen molar-refractivity contribution >= 4 is 17.3 Å². The predicted octanol–water partition coefficient (Wildman–Crippen LogP) is 2.92. The highest BCUT2D eigenvalue weighted by Crippen LogP contribution is 2.21. The third-order valence-electron chi connectivity index (χ3n) is 4.52. The highest BCUT2D eigenvalue weighted by molar-refractivity contribution is 5.80. The van der Waals surface area contributed by atoms with Crippen LogP contribution in [-0.4, -0.2) is 30.0 Å². The number of carbonyl (C=O) groups is 1. The Bertz CT molecular complexity index is 741. The largest absolute Gasteiger partial charge is 0.371 e. The van der Waals surface area contributed by atoms with Crippen molar-refractivity contribution in [2.45, 2.75) is 25.3 Å². The average molecular weight is 339 g/mol. The number of nitro groups is 1. The summed E-state index contributed by atoms with van der Waals surface area (Å²) in [5, 5.41) is 14.0. The van der Waals surface area contributed by atoms with E-state index in [1.165, 1.54) is 11.8 Å². The maximum atomic E-state index is 12.3. The molecule has 1 fully saturated rings. The number of piperidine rings is 1. The normalized spacial score (nSPS) is 15.0. The Labute approximate surface area is 146 Å². The van der Waals surface area contributed by atoms with E-state index in [-0.39, 0.29) is 24.1 Å². The van der Waals surface area contributed by atoms with Crippen molar-refractivity contribution in [3.63, 3.8) is 0 Å². The van der Waals surface area contributed by atoms with Gasteiger partial charge in [0.05, 0.1) is 11.3 Å². The first-order valence-electron chi connectivity index (χ1n) is 8.45. The first kappa shape index (κ1) is 17.0. The molecular weight excluding hydrogens is 318 g/mol. The molecule has 2 aromatic rings. The Balaban J connectivity index is 1.52. The molecule has 6 nitrogen and oxygen atoms in total. The van der Waals surface area contributed by atoms with Gasteiger partial charge in [0.15, 0.2) is 0 Å². The van der Waals surface area contributed by atoms with Crippen LogP contribution in [0.2, 0.25) is 0 Å². The van der Waals surface area contributed by atoms with Crippen LogP contribution in [0.25, 0.3) is 0 Å². The summed E-state index contributed by atoms with van der Waals surface area (Å²) in [6, 6.07) is 16.7. The quantitative estimate of drug-likeness (QED) is 0.671. The molecule has 0 saturated carbocycles. The molecule has 0 aliphatic carbocycles. The summed E-state index contributed by atoms with van der Waals surface area (Å²) in [5.74, 6) is -0.160. The van der Waals surface area contributed by atoms with Crippen molar-refractivity contribution in [3.8, 4) is 0 Å². The van der Waals surface area contributed by atoms with Gasteiger partial charge in [-0.15, -0.1) is 0 Å². The van der Waals surface area contributed by atoms with Crippen molar-refractivity contribution in [3.05, 3.63) is 70.3 Å². The number of anilines is 1. The van der Waals surface area contributed by atoms with Gasteiger partial charge in [-0.1, -0.05) is 36.4 Å². The number of nitrogens with zero attached hydrogens (tertiary/aromatic N) is 2. The Morgan fingerprint density at radius 3 is 2.40 bits per heavy atom. The maximum Gasteiger partial charge on any atom is 0.273 e. The van der Waals surface area contributed by atoms with Crippen LogP contribution in [0.15, 0.2) is 54.6 Å². The molecule has 2 aromatic carbocycles. The van der Waals surface area contributed by atoms with Crippen LogP contribution in [-0.2, 0) is 11.2 Å². The average Bonchev–Trinajstić information content (AvgIpc) is 2.63. The Morgan fingerprint density at radius 2 is 1.72 bits per heavy atom. The summed E-state index contributed by atoms with van der Waals surface area (Å²) in [4.78, 5) is 25.2. The van der Waals surface area contributed by atoms with E-state index in [2.05, 4.69) is 22.3 Å². The Hall–Kier alpha value is -2.89. The van der Waals surface area contributed by atoms with E-state index in [0.29, 0.717) is 5.56 Å². The minimum atomic E-state index is -0.443. The molecule has 25 heavy (non-hydrogen) atoms. The molecule has 3 rings (SSSR count). The van der Waals surface area contributed by atoms with Crippen LogP contribution in [0.4, 0.5) is 11.4 Å². The van der Waals surface area contributed by atoms with Gasteiger partial charge in [-0.05, 0) is 25.0 Å². The van der Waals surface area contributed by atoms with Crippen LogP contribution in [0.3, 0.4) is 0 Å². The van der Waals surface area contributed by atoms with E-state index < -0.39 is 4.92 Å². The highest BCUT2D eigenvalue weighted by atomic mass is 16.6. The number of nitro benzene ring substituents is 1. The van der Waals surface area contributed by atoms with E-state index in [1.54, 1.807) is 18.2 Å². The van der Waals surface area contributed by atoms with Gasteiger partial charge in [-0.2, -0.15) is 0 Å². The molecule has 0 aromatic heterocycles. The molecule has 6 heteroatoms. The first-order chi connectivity index (χ1) is 12.1. The second-order valence-electron chi connectivity index (χ2n) is 6.23. The monoisotopic (exact) mass is 339 g/mol. The second kappa shape index (κ2) is 7.79. The predicted molar refractivity (Wildman–Crippen MR) is 96.6 cm³/mol. The van der Waals surface area contributed by atoms with Gasteiger partial charge in [0.1, 0.15) is 0 Å². The lowest BCUT2D eigenvalue weighted by molar-refractivity contribution is -0.385. The van der Waals surface area contributed by atoms with E-state index in [0.717, 1.165) is 25.9 Å². The molecule has 1 N–H and O–H groups in total. The molecule has 1 aliphatic rings. The van der Waals surface area contributed by atoms with Crippen molar-refractivity contribution in [1.82, 2.24) is 5.32 Å². The number of rotatable bonds is 5. The highest BCUT2D eigenvalue weighted by Gasteiger charge is 2.22. The summed E-state index contributed by atoms with van der Waals surface area (Å²) in [6.07, 6.45) is 1.78. The molecule has 0 bridgehead atoms. The molecule has 1 saturated heterocycles. The van der Waals surface area contributed by atoms with Crippen LogP contribution in [0.5, 0.6) is 0 Å². The van der Waals surface area contributed by atoms with Crippen molar-refractivity contribution in [2.24, 2.45) is 0 Å². The molecule has 1 heterocycles. The fraction of sp³-hybridized carbons (Fsp3) is 0.316. The molecule has 0 unspecified atom stereocenters. The van der Waals surface area contributed by atoms with Crippen LogP contribution in [0.1, 0.15) is 18.4 Å². The van der Waals surface area contributed by atoms with E-state index >= 15 is 0 Å². The molecule has 130 valence electrons. The lowest BCUT2D eigenvalue weighted by Gasteiger charge is -2.34. The van der Waals surface area contributed by atoms with Crippen LogP contribution >= 0.6 is 0 Å². The topological polar surface area (TPSA) is 75.5 Å². The van der Waals surface area contributed by atoms with Crippen LogP contribution < -0.4 is 10.2 Å². The summed E-state index contributed by atoms with van der Waals surface area (Å²) >= 11 is 0. The molecule has 0 atom stereocenters. The van der Waals surface area contributed by atoms with Gasteiger partial charge in [0, 0.05) is 36.4 Å². The van der Waals surface area contributed by atoms with Gasteiger partial charge < -0.3 is 10.2 Å². The lowest BCUT2D eigenvalue weighted by atomic mass is 10.0. The van der Waals surface area contributed by atoms with E-state index in [4.69, 9.17) is 0 Å². The number of nitrogens with one attached hydrogen (secondary N) is 1. The molecule has 0 radical (unpaired) electrons. The second-order valence-corrected chi connectivity index (χ2v) is 6.23. The summed E-state index contributed by atoms with van der Waals surface area (Å²) < 4.78 is 0. The summed E-state index contributed by atoms with van der Waals surface area (Å²) in [6.45, 7) is 1.78. The summed E-state index contributed by atoms with van der Waals surface area (Å²) in [5.41, 5.74) is 1.65. The number of para-hydroxylation sites is 2. The van der Waals surface area contributed by atoms with Crippen molar-refractivity contribution in [2.75, 3.05) is 18.0 Å². The Kier molecular flexibility index (Phi) is 5.28. The number of amides is 1. The Morgan fingerprint density at radius 1 is 1.08 bits per heavy atom. The fourth-order valence-electron chi connectivity index (χ4n) is 3.21. The van der Waals surface area contributed by atoms with E-state index in [9.17, 15) is 14.9 Å². The molecule has 1 amide bonds. The van der Waals surface area contributed by atoms with Crippen LogP contribution in [0, 0.1) is 10.1 Å². The lowest BCUT2D eigenvalue weighted by Crippen LogP contribution is -2.45. The van der Waals surface area contributed by atoms with Crippen molar-refractivity contribution < 1.29 is 9.72 Å². The molecular formula is C19H21N3O3. The SMILES string of the molecule is O=C(Cc1ccccc1[N+](=O)[O-])NC1CCN(c2ccccc2)CC1. The van der Waals surface area contributed by atoms with Gasteiger partial charge in [0.25, 0.3) is 5.69 Å². The molecule has 1 aliphatic heterocycles. The smallest absolute Gasteiger partial charge is 0.273 e. The zero-order chi connectivity index (χ0) is 17.6. The maximum absolute atomic E-state index is 12.3. The molecule has 0 spiro atoms. The summed E-state index contributed by atoms with van der Waals surface area (Å²) in [7, 11) is 0. The van der Waals surface area contributed by atoms with E-state index in [1.807, 2.05) is 18.2 Å². The fourth-order valence-corrected chi connectivity index (χ4v) is 3.21. The minimum Gasteiger partial charge on any atom is -0.371 e. The minimum absolute atomic E-state index is 0.00320. The third kappa shape index (κ3) is 4.35. The number of hydrogen-bond acceptors (Lipinski definition) is 4. The van der Waals surface area contributed by atoms with Gasteiger partial charge >= 0.3 is 0 Å². The van der Waals surface area contributed by atoms with Crippen molar-refractivity contribution in [1.29, 1.82) is 0 Å². The van der Waals surface area contributed by atoms with Gasteiger partial charge in [0.2, 0.25) is 5.91 Å². The number of carbonyl (C=O) groups excluding carboxylic acids is 1. The number of hydrogen-bond donors (Lipinski definition) is 1.